The molecule has 0 aromatic heterocycles. The third kappa shape index (κ3) is 1.96. The Morgan fingerprint density at radius 3 is 2.60 bits per heavy atom. The van der Waals surface area contributed by atoms with E-state index in [0.717, 1.165) is 13.2 Å². The first-order valence-electron chi connectivity index (χ1n) is 3.96. The summed E-state index contributed by atoms with van der Waals surface area (Å²) in [7, 11) is 3.79. The zero-order chi connectivity index (χ0) is 7.45. The average Bonchev–Trinajstić information content (AvgIpc) is 2.67. The Balaban J connectivity index is 2.11. The minimum atomic E-state index is 0.616. The van der Waals surface area contributed by atoms with Gasteiger partial charge in [-0.25, -0.2) is 0 Å². The summed E-state index contributed by atoms with van der Waals surface area (Å²) in [5.74, 6) is 0. The summed E-state index contributed by atoms with van der Waals surface area (Å²) in [4.78, 5) is 0. The van der Waals surface area contributed by atoms with Crippen molar-refractivity contribution in [2.75, 3.05) is 27.3 Å². The van der Waals surface area contributed by atoms with Gasteiger partial charge in [0.05, 0.1) is 0 Å². The maximum absolute atomic E-state index is 5.04. The molecule has 0 aromatic carbocycles. The quantitative estimate of drug-likeness (QED) is 0.620. The van der Waals surface area contributed by atoms with Crippen molar-refractivity contribution in [2.24, 2.45) is 5.41 Å². The van der Waals surface area contributed by atoms with E-state index in [1.165, 1.54) is 19.3 Å². The van der Waals surface area contributed by atoms with E-state index >= 15 is 0 Å². The van der Waals surface area contributed by atoms with Crippen LogP contribution in [0.2, 0.25) is 0 Å². The van der Waals surface area contributed by atoms with E-state index in [9.17, 15) is 0 Å². The molecule has 0 unspecified atom stereocenters. The Kier molecular flexibility index (Phi) is 2.69. The molecule has 1 fully saturated rings. The first-order valence-corrected chi connectivity index (χ1v) is 3.96. The Bertz CT molecular complexity index is 99.4. The lowest BCUT2D eigenvalue weighted by atomic mass is 10.0. The average molecular weight is 143 g/mol. The summed E-state index contributed by atoms with van der Waals surface area (Å²) in [5, 5.41) is 3.22. The topological polar surface area (TPSA) is 21.3 Å². The van der Waals surface area contributed by atoms with E-state index in [-0.39, 0.29) is 0 Å². The van der Waals surface area contributed by atoms with Crippen molar-refractivity contribution in [3.05, 3.63) is 0 Å². The van der Waals surface area contributed by atoms with Crippen molar-refractivity contribution in [1.29, 1.82) is 0 Å². The van der Waals surface area contributed by atoms with Crippen LogP contribution < -0.4 is 5.32 Å². The lowest BCUT2D eigenvalue weighted by molar-refractivity contribution is 0.172. The van der Waals surface area contributed by atoms with E-state index < -0.39 is 0 Å². The van der Waals surface area contributed by atoms with Crippen LogP contribution in [-0.2, 0) is 4.74 Å². The van der Waals surface area contributed by atoms with E-state index in [1.54, 1.807) is 7.11 Å². The molecule has 0 aliphatic heterocycles. The van der Waals surface area contributed by atoms with Crippen LogP contribution in [0.15, 0.2) is 0 Å². The Morgan fingerprint density at radius 2 is 2.20 bits per heavy atom. The van der Waals surface area contributed by atoms with Crippen LogP contribution in [0, 0.1) is 5.41 Å². The molecule has 10 heavy (non-hydrogen) atoms. The van der Waals surface area contributed by atoms with Crippen molar-refractivity contribution in [2.45, 2.75) is 19.3 Å². The van der Waals surface area contributed by atoms with Crippen LogP contribution in [0.3, 0.4) is 0 Å². The SMILES string of the molecule is CNCC1(CCOC)CC1. The summed E-state index contributed by atoms with van der Waals surface area (Å²) < 4.78 is 5.04. The second-order valence-electron chi connectivity index (χ2n) is 3.27. The van der Waals surface area contributed by atoms with Crippen molar-refractivity contribution in [3.8, 4) is 0 Å². The fourth-order valence-corrected chi connectivity index (χ4v) is 1.39. The second-order valence-corrected chi connectivity index (χ2v) is 3.27. The number of methoxy groups -OCH3 is 1. The van der Waals surface area contributed by atoms with Gasteiger partial charge in [-0.2, -0.15) is 0 Å². The van der Waals surface area contributed by atoms with Crippen LogP contribution in [0.4, 0.5) is 0 Å². The molecular weight excluding hydrogens is 126 g/mol. The molecule has 2 nitrogen and oxygen atoms in total. The highest BCUT2D eigenvalue weighted by molar-refractivity contribution is 4.94. The Labute approximate surface area is 63.0 Å². The van der Waals surface area contributed by atoms with Crippen LogP contribution in [0.5, 0.6) is 0 Å². The largest absolute Gasteiger partial charge is 0.385 e. The van der Waals surface area contributed by atoms with Crippen LogP contribution in [0.1, 0.15) is 19.3 Å². The fraction of sp³-hybridized carbons (Fsp3) is 1.00. The lowest BCUT2D eigenvalue weighted by Gasteiger charge is -2.12. The molecule has 2 heteroatoms. The van der Waals surface area contributed by atoms with E-state index in [0.29, 0.717) is 5.41 Å². The molecule has 1 rings (SSSR count). The second kappa shape index (κ2) is 3.35. The lowest BCUT2D eigenvalue weighted by Crippen LogP contribution is -2.21. The van der Waals surface area contributed by atoms with Gasteiger partial charge < -0.3 is 10.1 Å². The molecule has 0 aromatic rings. The summed E-state index contributed by atoms with van der Waals surface area (Å²) in [6.07, 6.45) is 4.00. The minimum Gasteiger partial charge on any atom is -0.385 e. The summed E-state index contributed by atoms with van der Waals surface area (Å²) in [6.45, 7) is 2.08. The van der Waals surface area contributed by atoms with Gasteiger partial charge in [0.25, 0.3) is 0 Å². The van der Waals surface area contributed by atoms with Gasteiger partial charge in [-0.05, 0) is 31.7 Å². The molecule has 0 saturated heterocycles. The number of ether oxygens (including phenoxy) is 1. The Morgan fingerprint density at radius 1 is 1.50 bits per heavy atom. The molecule has 1 N–H and O–H groups in total. The molecule has 60 valence electrons. The van der Waals surface area contributed by atoms with Gasteiger partial charge in [-0.15, -0.1) is 0 Å². The highest BCUT2D eigenvalue weighted by Crippen LogP contribution is 2.47. The molecule has 0 heterocycles. The normalized spacial score (nSPS) is 21.0. The summed E-state index contributed by atoms with van der Waals surface area (Å²) >= 11 is 0. The molecule has 1 aliphatic carbocycles. The smallest absolute Gasteiger partial charge is 0.0468 e. The minimum absolute atomic E-state index is 0.616. The van der Waals surface area contributed by atoms with Crippen molar-refractivity contribution < 1.29 is 4.74 Å². The predicted octanol–water partition coefficient (Wildman–Crippen LogP) is 1.02. The zero-order valence-corrected chi connectivity index (χ0v) is 6.94. The molecule has 0 bridgehead atoms. The molecule has 1 aliphatic rings. The van der Waals surface area contributed by atoms with Crippen LogP contribution in [-0.4, -0.2) is 27.3 Å². The van der Waals surface area contributed by atoms with Gasteiger partial charge in [-0.3, -0.25) is 0 Å². The molecule has 0 spiro atoms. The van der Waals surface area contributed by atoms with Gasteiger partial charge in [0.1, 0.15) is 0 Å². The Hall–Kier alpha value is -0.0800. The van der Waals surface area contributed by atoms with Gasteiger partial charge in [0, 0.05) is 20.3 Å². The van der Waals surface area contributed by atoms with Gasteiger partial charge >= 0.3 is 0 Å². The molecule has 0 amide bonds. The van der Waals surface area contributed by atoms with Crippen LogP contribution >= 0.6 is 0 Å². The van der Waals surface area contributed by atoms with Gasteiger partial charge in [0.2, 0.25) is 0 Å². The fourth-order valence-electron chi connectivity index (χ4n) is 1.39. The number of hydrogen-bond donors (Lipinski definition) is 1. The van der Waals surface area contributed by atoms with E-state index in [2.05, 4.69) is 5.32 Å². The van der Waals surface area contributed by atoms with Crippen LogP contribution in [0.25, 0.3) is 0 Å². The maximum atomic E-state index is 5.04. The van der Waals surface area contributed by atoms with E-state index in [4.69, 9.17) is 4.74 Å². The first kappa shape index (κ1) is 8.02. The molecule has 0 radical (unpaired) electrons. The highest BCUT2D eigenvalue weighted by atomic mass is 16.5. The van der Waals surface area contributed by atoms with Crippen molar-refractivity contribution in [3.63, 3.8) is 0 Å². The maximum Gasteiger partial charge on any atom is 0.0468 e. The third-order valence-electron chi connectivity index (χ3n) is 2.35. The third-order valence-corrected chi connectivity index (χ3v) is 2.35. The van der Waals surface area contributed by atoms with Gasteiger partial charge in [-0.1, -0.05) is 0 Å². The van der Waals surface area contributed by atoms with Crippen molar-refractivity contribution >= 4 is 0 Å². The number of nitrogens with one attached hydrogen (secondary N) is 1. The summed E-state index contributed by atoms with van der Waals surface area (Å²) in [6, 6.07) is 0. The number of hydrogen-bond acceptors (Lipinski definition) is 2. The highest BCUT2D eigenvalue weighted by Gasteiger charge is 2.40. The first-order chi connectivity index (χ1) is 4.83. The van der Waals surface area contributed by atoms with Gasteiger partial charge in [0.15, 0.2) is 0 Å². The standard InChI is InChI=1S/C8H17NO/c1-9-7-8(3-4-8)5-6-10-2/h9H,3-7H2,1-2H3. The predicted molar refractivity (Wildman–Crippen MR) is 42.1 cm³/mol. The number of rotatable bonds is 5. The molecular formula is C8H17NO. The summed E-state index contributed by atoms with van der Waals surface area (Å²) in [5.41, 5.74) is 0.616. The van der Waals surface area contributed by atoms with Crippen molar-refractivity contribution in [1.82, 2.24) is 5.32 Å². The molecule has 1 saturated carbocycles. The monoisotopic (exact) mass is 143 g/mol. The zero-order valence-electron chi connectivity index (χ0n) is 6.94. The molecule has 0 atom stereocenters. The van der Waals surface area contributed by atoms with E-state index in [1.807, 2.05) is 7.05 Å².